The number of amidine groups is 1. The van der Waals surface area contributed by atoms with E-state index in [0.717, 1.165) is 12.1 Å². The minimum absolute atomic E-state index is 0.0732. The second-order valence-corrected chi connectivity index (χ2v) is 9.96. The monoisotopic (exact) mass is 396 g/mol. The maximum absolute atomic E-state index is 12.4. The topological polar surface area (TPSA) is 85.3 Å². The Kier molecular flexibility index (Phi) is 4.70. The molecule has 3 saturated heterocycles. The fourth-order valence-corrected chi connectivity index (χ4v) is 7.47. The molecule has 4 rings (SSSR count). The van der Waals surface area contributed by atoms with E-state index in [1.54, 1.807) is 7.11 Å². The molecule has 0 N–H and O–H groups in total. The van der Waals surface area contributed by atoms with Crippen LogP contribution >= 0.6 is 11.8 Å². The van der Waals surface area contributed by atoms with Crippen LogP contribution in [0.4, 0.5) is 5.69 Å². The number of sulfone groups is 1. The largest absolute Gasteiger partial charge is 0.497 e. The predicted octanol–water partition coefficient (Wildman–Crippen LogP) is 1.48. The van der Waals surface area contributed by atoms with Gasteiger partial charge >= 0.3 is 0 Å². The number of rotatable bonds is 3. The number of hydrogen-bond donors (Lipinski definition) is 0. The molecule has 0 saturated carbocycles. The fraction of sp³-hybridized carbons (Fsp3) is 0.529. The van der Waals surface area contributed by atoms with E-state index in [-0.39, 0.29) is 28.7 Å². The number of nitrogens with zero attached hydrogens (tertiary/aromatic N) is 2. The first-order valence-corrected chi connectivity index (χ1v) is 11.2. The zero-order valence-electron chi connectivity index (χ0n) is 14.3. The number of carbonyl (C=O) groups excluding carboxylic acids is 1. The maximum atomic E-state index is 12.4. The Hall–Kier alpha value is -1.58. The number of aliphatic imine (C=N–C) groups is 1. The van der Waals surface area contributed by atoms with Crippen molar-refractivity contribution in [3.8, 4) is 5.75 Å². The zero-order chi connectivity index (χ0) is 18.3. The lowest BCUT2D eigenvalue weighted by molar-refractivity contribution is -0.126. The molecule has 0 bridgehead atoms. The van der Waals surface area contributed by atoms with Crippen LogP contribution in [-0.2, 0) is 19.4 Å². The zero-order valence-corrected chi connectivity index (χ0v) is 16.0. The molecule has 3 aliphatic rings. The summed E-state index contributed by atoms with van der Waals surface area (Å²) >= 11 is 1.37. The molecule has 3 atom stereocenters. The first-order chi connectivity index (χ1) is 12.5. The van der Waals surface area contributed by atoms with Gasteiger partial charge in [-0.1, -0.05) is 11.8 Å². The molecule has 3 heterocycles. The second kappa shape index (κ2) is 6.86. The van der Waals surface area contributed by atoms with E-state index >= 15 is 0 Å². The average molecular weight is 396 g/mol. The van der Waals surface area contributed by atoms with Crippen molar-refractivity contribution in [3.05, 3.63) is 24.3 Å². The van der Waals surface area contributed by atoms with E-state index in [4.69, 9.17) is 9.47 Å². The number of ether oxygens (including phenoxy) is 2. The van der Waals surface area contributed by atoms with Crippen molar-refractivity contribution in [1.29, 1.82) is 0 Å². The van der Waals surface area contributed by atoms with Gasteiger partial charge in [-0.2, -0.15) is 4.99 Å². The van der Waals surface area contributed by atoms with E-state index < -0.39 is 15.9 Å². The van der Waals surface area contributed by atoms with E-state index in [0.29, 0.717) is 23.9 Å². The van der Waals surface area contributed by atoms with Crippen molar-refractivity contribution in [2.45, 2.75) is 30.2 Å². The van der Waals surface area contributed by atoms with Crippen LogP contribution in [0.5, 0.6) is 5.75 Å². The first kappa shape index (κ1) is 17.8. The van der Waals surface area contributed by atoms with Crippen molar-refractivity contribution in [2.75, 3.05) is 30.1 Å². The quantitative estimate of drug-likeness (QED) is 0.765. The Morgan fingerprint density at radius 2 is 2.08 bits per heavy atom. The van der Waals surface area contributed by atoms with Crippen molar-refractivity contribution in [1.82, 2.24) is 0 Å². The van der Waals surface area contributed by atoms with Crippen LogP contribution in [0.2, 0.25) is 0 Å². The molecule has 0 radical (unpaired) electrons. The number of thioether (sulfide) groups is 1. The molecule has 1 aromatic rings. The summed E-state index contributed by atoms with van der Waals surface area (Å²) in [6.45, 7) is 0.583. The molecule has 3 aliphatic heterocycles. The lowest BCUT2D eigenvalue weighted by Crippen LogP contribution is -2.38. The normalized spacial score (nSPS) is 31.3. The van der Waals surface area contributed by atoms with Gasteiger partial charge in [-0.15, -0.1) is 0 Å². The number of hydrogen-bond acceptors (Lipinski definition) is 6. The second-order valence-electron chi connectivity index (χ2n) is 6.60. The fourth-order valence-electron chi connectivity index (χ4n) is 3.55. The van der Waals surface area contributed by atoms with E-state index in [1.165, 1.54) is 11.8 Å². The van der Waals surface area contributed by atoms with Crippen LogP contribution in [0.1, 0.15) is 12.8 Å². The summed E-state index contributed by atoms with van der Waals surface area (Å²) in [4.78, 5) is 18.6. The minimum Gasteiger partial charge on any atom is -0.497 e. The molecule has 0 aromatic heterocycles. The number of carbonyl (C=O) groups is 1. The van der Waals surface area contributed by atoms with Gasteiger partial charge in [0.1, 0.15) is 11.9 Å². The molecule has 0 spiro atoms. The van der Waals surface area contributed by atoms with Gasteiger partial charge in [0.25, 0.3) is 5.91 Å². The number of benzene rings is 1. The summed E-state index contributed by atoms with van der Waals surface area (Å²) in [5.74, 6) is 0.614. The molecule has 0 unspecified atom stereocenters. The standard InChI is InChI=1S/C17H20N2O5S2/c1-23-12-6-4-11(5-7-12)19-13-9-26(21,22)10-15(13)25-17(19)18-16(20)14-3-2-8-24-14/h4-7,13-15H,2-3,8-10H2,1H3/t13-,14+,15+/m0/s1. The van der Waals surface area contributed by atoms with Crippen molar-refractivity contribution in [2.24, 2.45) is 4.99 Å². The molecule has 1 amide bonds. The number of anilines is 1. The van der Waals surface area contributed by atoms with Crippen LogP contribution in [0.15, 0.2) is 29.3 Å². The predicted molar refractivity (Wildman–Crippen MR) is 101 cm³/mol. The molecular formula is C17H20N2O5S2. The lowest BCUT2D eigenvalue weighted by Gasteiger charge is -2.24. The summed E-state index contributed by atoms with van der Waals surface area (Å²) in [6.07, 6.45) is 1.06. The van der Waals surface area contributed by atoms with Gasteiger partial charge in [-0.05, 0) is 37.1 Å². The highest BCUT2D eigenvalue weighted by Crippen LogP contribution is 2.41. The van der Waals surface area contributed by atoms with Gasteiger partial charge in [-0.25, -0.2) is 8.42 Å². The molecule has 140 valence electrons. The molecule has 7 nitrogen and oxygen atoms in total. The van der Waals surface area contributed by atoms with Crippen LogP contribution < -0.4 is 9.64 Å². The van der Waals surface area contributed by atoms with Crippen LogP contribution in [0.3, 0.4) is 0 Å². The molecule has 9 heteroatoms. The van der Waals surface area contributed by atoms with E-state index in [9.17, 15) is 13.2 Å². The van der Waals surface area contributed by atoms with Gasteiger partial charge in [0.15, 0.2) is 15.0 Å². The third-order valence-corrected chi connectivity index (χ3v) is 8.04. The summed E-state index contributed by atoms with van der Waals surface area (Å²) in [5.41, 5.74) is 0.807. The van der Waals surface area contributed by atoms with E-state index in [2.05, 4.69) is 4.99 Å². The van der Waals surface area contributed by atoms with Crippen molar-refractivity contribution in [3.63, 3.8) is 0 Å². The third kappa shape index (κ3) is 3.35. The van der Waals surface area contributed by atoms with Gasteiger partial charge < -0.3 is 14.4 Å². The van der Waals surface area contributed by atoms with Crippen LogP contribution in [0.25, 0.3) is 0 Å². The minimum atomic E-state index is -3.08. The van der Waals surface area contributed by atoms with Gasteiger partial charge in [0, 0.05) is 17.5 Å². The summed E-state index contributed by atoms with van der Waals surface area (Å²) < 4.78 is 34.8. The maximum Gasteiger partial charge on any atom is 0.277 e. The van der Waals surface area contributed by atoms with Crippen LogP contribution in [-0.4, -0.2) is 62.1 Å². The van der Waals surface area contributed by atoms with Gasteiger partial charge in [-0.3, -0.25) is 4.79 Å². The highest BCUT2D eigenvalue weighted by Gasteiger charge is 2.49. The van der Waals surface area contributed by atoms with Crippen LogP contribution in [0, 0.1) is 0 Å². The highest BCUT2D eigenvalue weighted by molar-refractivity contribution is 8.16. The Morgan fingerprint density at radius 1 is 1.31 bits per heavy atom. The first-order valence-electron chi connectivity index (χ1n) is 8.51. The molecule has 3 fully saturated rings. The van der Waals surface area contributed by atoms with E-state index in [1.807, 2.05) is 29.2 Å². The lowest BCUT2D eigenvalue weighted by atomic mass is 10.2. The smallest absolute Gasteiger partial charge is 0.277 e. The number of amides is 1. The summed E-state index contributed by atoms with van der Waals surface area (Å²) in [7, 11) is -1.49. The SMILES string of the molecule is COc1ccc(N2C(=NC(=O)[C@H]3CCCO3)S[C@@H]3CS(=O)(=O)C[C@@H]32)cc1. The summed E-state index contributed by atoms with van der Waals surface area (Å²) in [6, 6.07) is 7.14. The van der Waals surface area contributed by atoms with Crippen molar-refractivity contribution < 1.29 is 22.7 Å². The molecule has 0 aliphatic carbocycles. The Morgan fingerprint density at radius 3 is 2.73 bits per heavy atom. The number of fused-ring (bicyclic) bond motifs is 1. The third-order valence-electron chi connectivity index (χ3n) is 4.83. The highest BCUT2D eigenvalue weighted by atomic mass is 32.2. The molecule has 26 heavy (non-hydrogen) atoms. The van der Waals surface area contributed by atoms with Gasteiger partial charge in [0.05, 0.1) is 24.7 Å². The number of methoxy groups -OCH3 is 1. The Balaban J connectivity index is 1.67. The Bertz CT molecular complexity index is 831. The van der Waals surface area contributed by atoms with Crippen molar-refractivity contribution >= 4 is 38.4 Å². The summed E-state index contributed by atoms with van der Waals surface area (Å²) in [5, 5.41) is 0.443. The molecule has 1 aromatic carbocycles. The van der Waals surface area contributed by atoms with Gasteiger partial charge in [0.2, 0.25) is 0 Å². The average Bonchev–Trinajstić information content (AvgIpc) is 3.30. The Labute approximate surface area is 156 Å². The molecular weight excluding hydrogens is 376 g/mol.